The van der Waals surface area contributed by atoms with Gasteiger partial charge in [-0.15, -0.1) is 13.2 Å². The predicted octanol–water partition coefficient (Wildman–Crippen LogP) is 1.36. The summed E-state index contributed by atoms with van der Waals surface area (Å²) in [7, 11) is 0.331. The highest BCUT2D eigenvalue weighted by Crippen LogP contribution is 2.32. The molecule has 0 fully saturated rings. The van der Waals surface area contributed by atoms with Crippen LogP contribution in [-0.2, 0) is 9.05 Å². The third-order valence-electron chi connectivity index (χ3n) is 1.58. The molecule has 1 aromatic rings. The lowest BCUT2D eigenvalue weighted by Crippen LogP contribution is -2.20. The molecule has 11 heteroatoms. The van der Waals surface area contributed by atoms with E-state index in [4.69, 9.17) is 21.7 Å². The molecule has 0 unspecified atom stereocenters. The van der Waals surface area contributed by atoms with Crippen molar-refractivity contribution in [3.05, 3.63) is 11.6 Å². The van der Waals surface area contributed by atoms with Crippen LogP contribution in [0.25, 0.3) is 0 Å². The van der Waals surface area contributed by atoms with Gasteiger partial charge in [0.25, 0.3) is 9.05 Å². The summed E-state index contributed by atoms with van der Waals surface area (Å²) in [5.41, 5.74) is 4.70. The van der Waals surface area contributed by atoms with Crippen LogP contribution in [0.3, 0.4) is 0 Å². The second-order valence-electron chi connectivity index (χ2n) is 2.82. The minimum Gasteiger partial charge on any atom is -0.386 e. The molecule has 0 aliphatic rings. The van der Waals surface area contributed by atoms with Gasteiger partial charge in [0.05, 0.1) is 5.56 Å². The van der Waals surface area contributed by atoms with Crippen molar-refractivity contribution in [2.45, 2.75) is 11.3 Å². The Balaban J connectivity index is 3.51. The molecule has 1 heterocycles. The lowest BCUT2D eigenvalue weighted by Gasteiger charge is -2.11. The normalized spacial score (nSPS) is 11.9. The molecule has 98 valence electrons. The van der Waals surface area contributed by atoms with Crippen LogP contribution < -0.4 is 10.5 Å². The van der Waals surface area contributed by atoms with Crippen molar-refractivity contribution in [2.75, 3.05) is 5.73 Å². The van der Waals surface area contributed by atoms with Crippen molar-refractivity contribution in [1.82, 2.24) is 4.98 Å². The van der Waals surface area contributed by atoms with E-state index in [1.165, 1.54) is 6.07 Å². The Kier molecular flexibility index (Phi) is 3.59. The van der Waals surface area contributed by atoms with Crippen LogP contribution in [0.1, 0.15) is 5.56 Å². The van der Waals surface area contributed by atoms with Crippen LogP contribution in [-0.4, -0.2) is 19.8 Å². The number of halogens is 4. The van der Waals surface area contributed by atoms with E-state index in [0.29, 0.717) is 6.07 Å². The van der Waals surface area contributed by atoms with E-state index in [2.05, 4.69) is 9.72 Å². The number of nitrogens with two attached hydrogens (primary N) is 1. The maximum Gasteiger partial charge on any atom is 0.574 e. The lowest BCUT2D eigenvalue weighted by molar-refractivity contribution is -0.277. The molecule has 0 saturated carbocycles. The molecular formula is C7H3ClF3N3O3S. The first-order valence-corrected chi connectivity index (χ1v) is 6.26. The summed E-state index contributed by atoms with van der Waals surface area (Å²) in [5.74, 6) is -1.95. The zero-order chi connectivity index (χ0) is 14.1. The van der Waals surface area contributed by atoms with Crippen LogP contribution >= 0.6 is 10.7 Å². The number of aromatic nitrogens is 1. The van der Waals surface area contributed by atoms with E-state index in [-0.39, 0.29) is 0 Å². The Morgan fingerprint density at radius 3 is 2.44 bits per heavy atom. The fourth-order valence-corrected chi connectivity index (χ4v) is 1.82. The Hall–Kier alpha value is -1.73. The van der Waals surface area contributed by atoms with Gasteiger partial charge in [-0.25, -0.2) is 8.42 Å². The van der Waals surface area contributed by atoms with Gasteiger partial charge in [0.15, 0.2) is 0 Å². The van der Waals surface area contributed by atoms with Gasteiger partial charge in [0.2, 0.25) is 5.88 Å². The highest BCUT2D eigenvalue weighted by atomic mass is 35.7. The first kappa shape index (κ1) is 14.3. The monoisotopic (exact) mass is 301 g/mol. The van der Waals surface area contributed by atoms with E-state index in [9.17, 15) is 21.6 Å². The number of anilines is 1. The quantitative estimate of drug-likeness (QED) is 0.827. The molecule has 0 aliphatic carbocycles. The molecule has 2 N–H and O–H groups in total. The van der Waals surface area contributed by atoms with Crippen LogP contribution in [0.15, 0.2) is 11.0 Å². The zero-order valence-corrected chi connectivity index (χ0v) is 9.77. The van der Waals surface area contributed by atoms with Crippen molar-refractivity contribution in [3.8, 4) is 11.9 Å². The third kappa shape index (κ3) is 3.38. The van der Waals surface area contributed by atoms with Crippen molar-refractivity contribution < 1.29 is 26.3 Å². The first-order valence-electron chi connectivity index (χ1n) is 3.95. The van der Waals surface area contributed by atoms with E-state index < -0.39 is 37.6 Å². The van der Waals surface area contributed by atoms with Gasteiger partial charge in [-0.2, -0.15) is 10.2 Å². The van der Waals surface area contributed by atoms with Crippen LogP contribution in [0, 0.1) is 11.3 Å². The molecule has 0 amide bonds. The number of hydrogen-bond acceptors (Lipinski definition) is 6. The van der Waals surface area contributed by atoms with Gasteiger partial charge in [0.1, 0.15) is 16.8 Å². The second kappa shape index (κ2) is 4.51. The largest absolute Gasteiger partial charge is 0.574 e. The number of nitriles is 1. The standard InChI is InChI=1S/C7H3ClF3N3O3S/c8-18(15,16)4-1-3(2-12)5(13)14-6(4)17-7(9,10)11/h1H,(H2,13,14). The number of ether oxygens (including phenoxy) is 1. The first-order chi connectivity index (χ1) is 8.04. The molecule has 0 aliphatic heterocycles. The van der Waals surface area contributed by atoms with Crippen LogP contribution in [0.5, 0.6) is 5.88 Å². The minimum atomic E-state index is -5.18. The summed E-state index contributed by atoms with van der Waals surface area (Å²) in [6, 6.07) is 2.00. The number of pyridine rings is 1. The van der Waals surface area contributed by atoms with E-state index in [0.717, 1.165) is 0 Å². The molecular weight excluding hydrogens is 299 g/mol. The fourth-order valence-electron chi connectivity index (χ4n) is 0.938. The predicted molar refractivity (Wildman–Crippen MR) is 53.1 cm³/mol. The van der Waals surface area contributed by atoms with Gasteiger partial charge in [-0.3, -0.25) is 0 Å². The minimum absolute atomic E-state index is 0.441. The molecule has 18 heavy (non-hydrogen) atoms. The van der Waals surface area contributed by atoms with Crippen molar-refractivity contribution in [2.24, 2.45) is 0 Å². The fraction of sp³-hybridized carbons (Fsp3) is 0.143. The molecule has 0 atom stereocenters. The van der Waals surface area contributed by atoms with Crippen LogP contribution in [0.2, 0.25) is 0 Å². The average molecular weight is 302 g/mol. The topological polar surface area (TPSA) is 106 Å². The number of rotatable bonds is 2. The van der Waals surface area contributed by atoms with Gasteiger partial charge in [0, 0.05) is 10.7 Å². The molecule has 0 bridgehead atoms. The number of nitrogens with zero attached hydrogens (tertiary/aromatic N) is 2. The average Bonchev–Trinajstić information content (AvgIpc) is 2.13. The van der Waals surface area contributed by atoms with Gasteiger partial charge >= 0.3 is 6.36 Å². The van der Waals surface area contributed by atoms with Gasteiger partial charge < -0.3 is 10.5 Å². The van der Waals surface area contributed by atoms with Crippen molar-refractivity contribution in [3.63, 3.8) is 0 Å². The zero-order valence-electron chi connectivity index (χ0n) is 8.19. The van der Waals surface area contributed by atoms with Gasteiger partial charge in [-0.1, -0.05) is 0 Å². The molecule has 1 aromatic heterocycles. The Labute approximate surface area is 103 Å². The van der Waals surface area contributed by atoms with Gasteiger partial charge in [-0.05, 0) is 6.07 Å². The Morgan fingerprint density at radius 2 is 2.06 bits per heavy atom. The van der Waals surface area contributed by atoms with Crippen molar-refractivity contribution >= 4 is 25.6 Å². The number of nitrogen functional groups attached to an aromatic ring is 1. The Morgan fingerprint density at radius 1 is 1.50 bits per heavy atom. The molecule has 1 rings (SSSR count). The molecule has 0 aromatic carbocycles. The summed E-state index contributed by atoms with van der Waals surface area (Å²) >= 11 is 0. The van der Waals surface area contributed by atoms with E-state index in [1.54, 1.807) is 0 Å². The maximum atomic E-state index is 12.0. The second-order valence-corrected chi connectivity index (χ2v) is 5.36. The van der Waals surface area contributed by atoms with Crippen molar-refractivity contribution in [1.29, 1.82) is 5.26 Å². The molecule has 0 spiro atoms. The summed E-state index contributed by atoms with van der Waals surface area (Å²) in [5, 5.41) is 8.56. The number of alkyl halides is 3. The SMILES string of the molecule is N#Cc1cc(S(=O)(=O)Cl)c(OC(F)(F)F)nc1N. The summed E-state index contributed by atoms with van der Waals surface area (Å²) in [4.78, 5) is 1.95. The summed E-state index contributed by atoms with van der Waals surface area (Å²) < 4.78 is 61.5. The summed E-state index contributed by atoms with van der Waals surface area (Å²) in [6.45, 7) is 0. The molecule has 0 radical (unpaired) electrons. The molecule has 0 saturated heterocycles. The Bertz CT molecular complexity index is 623. The highest BCUT2D eigenvalue weighted by molar-refractivity contribution is 8.13. The summed E-state index contributed by atoms with van der Waals surface area (Å²) in [6.07, 6.45) is -5.18. The lowest BCUT2D eigenvalue weighted by atomic mass is 10.3. The number of hydrogen-bond donors (Lipinski definition) is 1. The highest BCUT2D eigenvalue weighted by Gasteiger charge is 2.35. The van der Waals surface area contributed by atoms with E-state index >= 15 is 0 Å². The smallest absolute Gasteiger partial charge is 0.386 e. The third-order valence-corrected chi connectivity index (χ3v) is 2.90. The van der Waals surface area contributed by atoms with Crippen LogP contribution in [0.4, 0.5) is 19.0 Å². The van der Waals surface area contributed by atoms with E-state index in [1.807, 2.05) is 0 Å². The molecule has 6 nitrogen and oxygen atoms in total. The maximum absolute atomic E-state index is 12.0.